The van der Waals surface area contributed by atoms with Gasteiger partial charge in [0.25, 0.3) is 0 Å². The van der Waals surface area contributed by atoms with Gasteiger partial charge in [0.2, 0.25) is 0 Å². The molecule has 0 aliphatic heterocycles. The van der Waals surface area contributed by atoms with Crippen LogP contribution in [0.2, 0.25) is 0 Å². The number of para-hydroxylation sites is 2. The van der Waals surface area contributed by atoms with Gasteiger partial charge in [0.1, 0.15) is 10.1 Å². The van der Waals surface area contributed by atoms with Crippen molar-refractivity contribution in [3.8, 4) is 11.5 Å². The Hall–Kier alpha value is -2.78. The van der Waals surface area contributed by atoms with E-state index in [2.05, 4.69) is 25.3 Å². The molecule has 1 N–H and O–H groups in total. The van der Waals surface area contributed by atoms with Gasteiger partial charge in [-0.3, -0.25) is 9.68 Å². The van der Waals surface area contributed by atoms with Crippen molar-refractivity contribution < 1.29 is 33.5 Å². The van der Waals surface area contributed by atoms with E-state index in [4.69, 9.17) is 9.47 Å². The van der Waals surface area contributed by atoms with Crippen molar-refractivity contribution in [2.75, 3.05) is 33.7 Å². The summed E-state index contributed by atoms with van der Waals surface area (Å²) in [4.78, 5) is 43.6. The van der Waals surface area contributed by atoms with Crippen LogP contribution in [0, 0.1) is 0 Å². The number of rotatable bonds is 7. The monoisotopic (exact) mass is 563 g/mol. The molecule has 0 bridgehead atoms. The van der Waals surface area contributed by atoms with E-state index in [1.165, 1.54) is 44.7 Å². The van der Waals surface area contributed by atoms with Crippen LogP contribution in [0.1, 0.15) is 27.7 Å². The van der Waals surface area contributed by atoms with Gasteiger partial charge < -0.3 is 14.8 Å². The molecule has 0 spiro atoms. The fourth-order valence-electron chi connectivity index (χ4n) is 1.68. The molecular weight excluding hydrogens is 530 g/mol. The lowest BCUT2D eigenvalue weighted by Crippen LogP contribution is -2.28. The number of amides is 3. The molecule has 0 radical (unpaired) electrons. The Balaban J connectivity index is 0.000000717. The maximum absolute atomic E-state index is 11.6. The summed E-state index contributed by atoms with van der Waals surface area (Å²) >= 11 is 3.51. The maximum atomic E-state index is 11.6. The van der Waals surface area contributed by atoms with Crippen LogP contribution in [0.5, 0.6) is 11.5 Å². The van der Waals surface area contributed by atoms with E-state index >= 15 is 0 Å². The summed E-state index contributed by atoms with van der Waals surface area (Å²) in [6.07, 6.45) is 1.74. The standard InChI is InChI=1S/C11H15NO3.C10H18N4O4S3/c1-8(2)14-9-6-4-5-7-10(9)15-11(13)12-3;1-7(19-5)11-17-9(15)13(3)21-14(4)10(16)18-12-8(2)20-6/h4-8H,1-3H3,(H,12,13);1-6H3/b;11-7-,12-8-. The smallest absolute Gasteiger partial charge is 0.447 e. The van der Waals surface area contributed by atoms with Crippen molar-refractivity contribution in [2.45, 2.75) is 33.8 Å². The van der Waals surface area contributed by atoms with Crippen LogP contribution >= 0.6 is 35.7 Å². The third-order valence-electron chi connectivity index (χ3n) is 3.47. The minimum Gasteiger partial charge on any atom is -0.487 e. The van der Waals surface area contributed by atoms with Crippen molar-refractivity contribution >= 4 is 64.0 Å². The number of hydrogen-bond donors (Lipinski definition) is 1. The highest BCUT2D eigenvalue weighted by Gasteiger charge is 2.19. The minimum absolute atomic E-state index is 0.0411. The summed E-state index contributed by atoms with van der Waals surface area (Å²) in [5.41, 5.74) is 0. The van der Waals surface area contributed by atoms with Gasteiger partial charge in [0, 0.05) is 21.1 Å². The van der Waals surface area contributed by atoms with E-state index < -0.39 is 18.3 Å². The second-order valence-electron chi connectivity index (χ2n) is 6.67. The summed E-state index contributed by atoms with van der Waals surface area (Å²) in [6.45, 7) is 7.24. The maximum Gasteiger partial charge on any atom is 0.447 e. The average Bonchev–Trinajstić information content (AvgIpc) is 2.86. The number of oxime groups is 2. The molecule has 0 fully saturated rings. The molecule has 0 saturated heterocycles. The quantitative estimate of drug-likeness (QED) is 0.154. The fraction of sp³-hybridized carbons (Fsp3) is 0.476. The first-order valence-corrected chi connectivity index (χ1v) is 13.5. The summed E-state index contributed by atoms with van der Waals surface area (Å²) in [5, 5.41) is 10.8. The summed E-state index contributed by atoms with van der Waals surface area (Å²) in [7, 11) is 4.39. The first kappa shape index (κ1) is 33.2. The minimum atomic E-state index is -0.711. The molecule has 1 aromatic rings. The van der Waals surface area contributed by atoms with Crippen LogP contribution in [-0.4, -0.2) is 76.7 Å². The molecule has 0 aliphatic carbocycles. The molecular formula is C21H33N5O7S3. The number of benzene rings is 1. The number of nitrogens with one attached hydrogen (secondary N) is 1. The SMILES string of the molecule is CNC(=O)Oc1ccccc1OC(C)C.CS/C(C)=N\OC(=O)N(C)SN(C)C(=O)O/N=C(/C)SC. The topological polar surface area (TPSA) is 131 Å². The summed E-state index contributed by atoms with van der Waals surface area (Å²) in [6, 6.07) is 7.06. The van der Waals surface area contributed by atoms with Gasteiger partial charge in [-0.15, -0.1) is 23.5 Å². The first-order valence-electron chi connectivity index (χ1n) is 10.3. The van der Waals surface area contributed by atoms with E-state index in [9.17, 15) is 14.4 Å². The molecule has 1 aromatic carbocycles. The van der Waals surface area contributed by atoms with Crippen LogP contribution in [0.25, 0.3) is 0 Å². The van der Waals surface area contributed by atoms with Crippen molar-refractivity contribution in [3.05, 3.63) is 24.3 Å². The molecule has 0 aromatic heterocycles. The number of carbonyl (C=O) groups is 3. The zero-order chi connectivity index (χ0) is 27.7. The summed E-state index contributed by atoms with van der Waals surface area (Å²) < 4.78 is 12.7. The van der Waals surface area contributed by atoms with E-state index in [0.717, 1.165) is 20.7 Å². The van der Waals surface area contributed by atoms with Gasteiger partial charge in [-0.25, -0.2) is 23.0 Å². The Morgan fingerprint density at radius 1 is 0.889 bits per heavy atom. The van der Waals surface area contributed by atoms with Crippen LogP contribution in [0.4, 0.5) is 14.4 Å². The molecule has 0 aliphatic rings. The van der Waals surface area contributed by atoms with Crippen LogP contribution in [-0.2, 0) is 9.68 Å². The van der Waals surface area contributed by atoms with Gasteiger partial charge in [-0.2, -0.15) is 0 Å². The lowest BCUT2D eigenvalue weighted by molar-refractivity contribution is 0.131. The fourth-order valence-corrected chi connectivity index (χ4v) is 2.47. The third-order valence-corrected chi connectivity index (χ3v) is 5.59. The van der Waals surface area contributed by atoms with Crippen molar-refractivity contribution in [2.24, 2.45) is 10.3 Å². The van der Waals surface area contributed by atoms with Crippen molar-refractivity contribution in [3.63, 3.8) is 0 Å². The zero-order valence-electron chi connectivity index (χ0n) is 21.8. The van der Waals surface area contributed by atoms with Gasteiger partial charge in [0.05, 0.1) is 18.2 Å². The third kappa shape index (κ3) is 14.6. The number of carbonyl (C=O) groups excluding carboxylic acids is 3. The second kappa shape index (κ2) is 18.5. The van der Waals surface area contributed by atoms with Gasteiger partial charge >= 0.3 is 18.3 Å². The predicted octanol–water partition coefficient (Wildman–Crippen LogP) is 5.27. The molecule has 202 valence electrons. The highest BCUT2D eigenvalue weighted by atomic mass is 32.2. The molecule has 36 heavy (non-hydrogen) atoms. The average molecular weight is 564 g/mol. The molecule has 0 atom stereocenters. The van der Waals surface area contributed by atoms with Gasteiger partial charge in [0.15, 0.2) is 11.5 Å². The summed E-state index contributed by atoms with van der Waals surface area (Å²) in [5.74, 6) is 0.988. The van der Waals surface area contributed by atoms with Crippen molar-refractivity contribution in [1.29, 1.82) is 0 Å². The number of hydrogen-bond acceptors (Lipinski definition) is 12. The molecule has 0 saturated carbocycles. The second-order valence-corrected chi connectivity index (χ2v) is 9.93. The van der Waals surface area contributed by atoms with Gasteiger partial charge in [-0.05, 0) is 52.3 Å². The van der Waals surface area contributed by atoms with E-state index in [1.807, 2.05) is 32.4 Å². The molecule has 3 amide bonds. The highest BCUT2D eigenvalue weighted by molar-refractivity contribution is 8.13. The predicted molar refractivity (Wildman–Crippen MR) is 147 cm³/mol. The molecule has 0 unspecified atom stereocenters. The Bertz CT molecular complexity index is 878. The molecule has 15 heteroatoms. The van der Waals surface area contributed by atoms with E-state index in [-0.39, 0.29) is 6.10 Å². The first-order chi connectivity index (χ1) is 16.9. The van der Waals surface area contributed by atoms with Gasteiger partial charge in [-0.1, -0.05) is 22.4 Å². The van der Waals surface area contributed by atoms with E-state index in [1.54, 1.807) is 32.0 Å². The lowest BCUT2D eigenvalue weighted by atomic mass is 10.3. The number of nitrogens with zero attached hydrogens (tertiary/aromatic N) is 4. The molecule has 0 heterocycles. The number of thioether (sulfide) groups is 2. The van der Waals surface area contributed by atoms with Crippen LogP contribution in [0.15, 0.2) is 34.6 Å². The molecule has 12 nitrogen and oxygen atoms in total. The van der Waals surface area contributed by atoms with Crippen LogP contribution in [0.3, 0.4) is 0 Å². The molecule has 1 rings (SSSR count). The zero-order valence-corrected chi connectivity index (χ0v) is 24.2. The van der Waals surface area contributed by atoms with E-state index in [0.29, 0.717) is 21.6 Å². The Labute approximate surface area is 224 Å². The Kier molecular flexibility index (Phi) is 17.1. The lowest BCUT2D eigenvalue weighted by Gasteiger charge is -2.19. The Morgan fingerprint density at radius 2 is 1.33 bits per heavy atom. The van der Waals surface area contributed by atoms with Crippen LogP contribution < -0.4 is 14.8 Å². The normalized spacial score (nSPS) is 11.1. The highest BCUT2D eigenvalue weighted by Crippen LogP contribution is 2.27. The van der Waals surface area contributed by atoms with Crippen molar-refractivity contribution in [1.82, 2.24) is 13.9 Å². The number of ether oxygens (including phenoxy) is 2. The largest absolute Gasteiger partial charge is 0.487 e. The Morgan fingerprint density at radius 3 is 1.72 bits per heavy atom.